The van der Waals surface area contributed by atoms with E-state index in [0.29, 0.717) is 5.82 Å². The van der Waals surface area contributed by atoms with Gasteiger partial charge in [-0.3, -0.25) is 0 Å². The van der Waals surface area contributed by atoms with Gasteiger partial charge >= 0.3 is 0 Å². The Morgan fingerprint density at radius 2 is 1.64 bits per heavy atom. The number of para-hydroxylation sites is 1. The van der Waals surface area contributed by atoms with Crippen molar-refractivity contribution in [2.24, 2.45) is 0 Å². The minimum absolute atomic E-state index is 0.631. The number of hydrogen-bond donors (Lipinski definition) is 0. The molecule has 0 saturated carbocycles. The highest BCUT2D eigenvalue weighted by Gasteiger charge is 2.13. The molecule has 0 fully saturated rings. The van der Waals surface area contributed by atoms with E-state index in [1.807, 2.05) is 74.5 Å². The molecule has 122 valence electrons. The number of rotatable bonds is 2. The van der Waals surface area contributed by atoms with Gasteiger partial charge in [0.15, 0.2) is 5.82 Å². The lowest BCUT2D eigenvalue weighted by atomic mass is 10.0. The fraction of sp³-hybridized carbons (Fsp3) is 0.0952. The average Bonchev–Trinajstić information content (AvgIpc) is 2.61. The van der Waals surface area contributed by atoms with Crippen LogP contribution in [0.5, 0.6) is 0 Å². The molecule has 0 aliphatic rings. The first-order valence-corrected chi connectivity index (χ1v) is 8.47. The number of benzene rings is 2. The topological polar surface area (TPSA) is 38.7 Å². The van der Waals surface area contributed by atoms with E-state index >= 15 is 0 Å². The highest BCUT2D eigenvalue weighted by molar-refractivity contribution is 6.30. The van der Waals surface area contributed by atoms with Crippen molar-refractivity contribution in [1.29, 1.82) is 0 Å². The zero-order valence-corrected chi connectivity index (χ0v) is 14.7. The number of aromatic nitrogens is 3. The van der Waals surface area contributed by atoms with Crippen LogP contribution >= 0.6 is 11.6 Å². The van der Waals surface area contributed by atoms with E-state index in [1.54, 1.807) is 0 Å². The Kier molecular flexibility index (Phi) is 3.94. The lowest BCUT2D eigenvalue weighted by Crippen LogP contribution is -1.98. The van der Waals surface area contributed by atoms with Gasteiger partial charge in [0.1, 0.15) is 5.69 Å². The van der Waals surface area contributed by atoms with Gasteiger partial charge in [0.25, 0.3) is 0 Å². The minimum Gasteiger partial charge on any atom is -0.250 e. The summed E-state index contributed by atoms with van der Waals surface area (Å²) in [6.07, 6.45) is 0. The van der Waals surface area contributed by atoms with Crippen LogP contribution in [-0.4, -0.2) is 15.0 Å². The summed E-state index contributed by atoms with van der Waals surface area (Å²) in [5, 5.41) is 1.74. The van der Waals surface area contributed by atoms with Crippen LogP contribution in [0.2, 0.25) is 5.02 Å². The molecule has 2 aromatic heterocycles. The summed E-state index contributed by atoms with van der Waals surface area (Å²) in [7, 11) is 0. The third-order valence-corrected chi connectivity index (χ3v) is 4.40. The third kappa shape index (κ3) is 2.99. The van der Waals surface area contributed by atoms with Gasteiger partial charge in [-0.2, -0.15) is 0 Å². The fourth-order valence-electron chi connectivity index (χ4n) is 2.96. The molecule has 0 aliphatic carbocycles. The van der Waals surface area contributed by atoms with Crippen molar-refractivity contribution in [3.05, 3.63) is 76.9 Å². The van der Waals surface area contributed by atoms with Crippen LogP contribution in [0.1, 0.15) is 11.3 Å². The van der Waals surface area contributed by atoms with Crippen LogP contribution in [0.4, 0.5) is 0 Å². The van der Waals surface area contributed by atoms with Crippen molar-refractivity contribution < 1.29 is 0 Å². The first-order chi connectivity index (χ1) is 12.1. The highest BCUT2D eigenvalue weighted by atomic mass is 35.5. The zero-order chi connectivity index (χ0) is 17.4. The van der Waals surface area contributed by atoms with Gasteiger partial charge in [-0.15, -0.1) is 0 Å². The molecular weight excluding hydrogens is 330 g/mol. The Hall–Kier alpha value is -2.78. The number of nitrogens with zero attached hydrogens (tertiary/aromatic N) is 3. The van der Waals surface area contributed by atoms with Crippen molar-refractivity contribution in [2.75, 3.05) is 0 Å². The normalized spacial score (nSPS) is 11.0. The summed E-state index contributed by atoms with van der Waals surface area (Å²) in [6.45, 7) is 4.01. The molecule has 4 heteroatoms. The number of fused-ring (bicyclic) bond motifs is 1. The van der Waals surface area contributed by atoms with Crippen LogP contribution in [-0.2, 0) is 0 Å². The fourth-order valence-corrected chi connectivity index (χ4v) is 3.18. The Labute approximate surface area is 151 Å². The summed E-state index contributed by atoms with van der Waals surface area (Å²) in [5.74, 6) is 0.631. The first-order valence-electron chi connectivity index (χ1n) is 8.09. The monoisotopic (exact) mass is 345 g/mol. The van der Waals surface area contributed by atoms with Crippen LogP contribution in [0, 0.1) is 13.8 Å². The van der Waals surface area contributed by atoms with Crippen molar-refractivity contribution in [1.82, 2.24) is 15.0 Å². The lowest BCUT2D eigenvalue weighted by molar-refractivity contribution is 1.14. The second kappa shape index (κ2) is 6.26. The smallest absolute Gasteiger partial charge is 0.179 e. The number of halogens is 1. The summed E-state index contributed by atoms with van der Waals surface area (Å²) in [5.41, 5.74) is 5.66. The van der Waals surface area contributed by atoms with Crippen LogP contribution in [0.3, 0.4) is 0 Å². The largest absolute Gasteiger partial charge is 0.250 e. The summed E-state index contributed by atoms with van der Waals surface area (Å²) < 4.78 is 0. The molecule has 0 unspecified atom stereocenters. The van der Waals surface area contributed by atoms with Crippen molar-refractivity contribution in [3.8, 4) is 22.8 Å². The van der Waals surface area contributed by atoms with Crippen LogP contribution in [0.15, 0.2) is 60.7 Å². The molecule has 0 spiro atoms. The van der Waals surface area contributed by atoms with E-state index in [-0.39, 0.29) is 0 Å². The van der Waals surface area contributed by atoms with Crippen molar-refractivity contribution >= 4 is 22.5 Å². The summed E-state index contributed by atoms with van der Waals surface area (Å²) >= 11 is 6.12. The summed E-state index contributed by atoms with van der Waals surface area (Å²) in [6, 6.07) is 19.8. The van der Waals surface area contributed by atoms with Gasteiger partial charge in [0.2, 0.25) is 0 Å². The molecule has 4 rings (SSSR count). The van der Waals surface area contributed by atoms with E-state index < -0.39 is 0 Å². The first kappa shape index (κ1) is 15.7. The minimum atomic E-state index is 0.631. The molecule has 0 radical (unpaired) electrons. The molecular formula is C21H16ClN3. The average molecular weight is 346 g/mol. The molecule has 0 atom stereocenters. The maximum absolute atomic E-state index is 6.12. The van der Waals surface area contributed by atoms with Gasteiger partial charge < -0.3 is 0 Å². The Balaban J connectivity index is 2.02. The molecule has 0 N–H and O–H groups in total. The van der Waals surface area contributed by atoms with E-state index in [2.05, 4.69) is 4.98 Å². The molecule has 2 heterocycles. The second-order valence-corrected chi connectivity index (χ2v) is 6.47. The molecule has 0 saturated heterocycles. The quantitative estimate of drug-likeness (QED) is 0.472. The van der Waals surface area contributed by atoms with E-state index in [1.165, 1.54) is 0 Å². The van der Waals surface area contributed by atoms with Gasteiger partial charge in [-0.25, -0.2) is 15.0 Å². The van der Waals surface area contributed by atoms with Crippen LogP contribution in [0.25, 0.3) is 33.7 Å². The lowest BCUT2D eigenvalue weighted by Gasteiger charge is -2.11. The van der Waals surface area contributed by atoms with Crippen molar-refractivity contribution in [3.63, 3.8) is 0 Å². The zero-order valence-electron chi connectivity index (χ0n) is 14.0. The van der Waals surface area contributed by atoms with E-state index in [4.69, 9.17) is 21.6 Å². The number of pyridine rings is 1. The van der Waals surface area contributed by atoms with Crippen LogP contribution < -0.4 is 0 Å². The number of hydrogen-bond acceptors (Lipinski definition) is 3. The van der Waals surface area contributed by atoms with Gasteiger partial charge in [0, 0.05) is 21.7 Å². The Morgan fingerprint density at radius 3 is 2.44 bits per heavy atom. The van der Waals surface area contributed by atoms with Gasteiger partial charge in [-0.05, 0) is 49.7 Å². The Bertz CT molecular complexity index is 1090. The maximum Gasteiger partial charge on any atom is 0.179 e. The van der Waals surface area contributed by atoms with Crippen molar-refractivity contribution in [2.45, 2.75) is 13.8 Å². The predicted molar refractivity (Wildman–Crippen MR) is 103 cm³/mol. The predicted octanol–water partition coefficient (Wildman–Crippen LogP) is 5.63. The Morgan fingerprint density at radius 1 is 0.800 bits per heavy atom. The third-order valence-electron chi connectivity index (χ3n) is 4.16. The molecule has 4 aromatic rings. The van der Waals surface area contributed by atoms with E-state index in [0.717, 1.165) is 44.1 Å². The molecule has 2 aromatic carbocycles. The SMILES string of the molecule is Cc1cccc(-c2nc(-c3ccc(Cl)cc3C)c3ccccc3n2)n1. The molecule has 0 amide bonds. The number of aryl methyl sites for hydroxylation is 2. The summed E-state index contributed by atoms with van der Waals surface area (Å²) in [4.78, 5) is 14.2. The molecule has 25 heavy (non-hydrogen) atoms. The molecule has 3 nitrogen and oxygen atoms in total. The van der Waals surface area contributed by atoms with Gasteiger partial charge in [-0.1, -0.05) is 41.9 Å². The van der Waals surface area contributed by atoms with Gasteiger partial charge in [0.05, 0.1) is 11.2 Å². The second-order valence-electron chi connectivity index (χ2n) is 6.04. The molecule has 0 aliphatic heterocycles. The maximum atomic E-state index is 6.12. The van der Waals surface area contributed by atoms with E-state index in [9.17, 15) is 0 Å². The molecule has 0 bridgehead atoms. The standard InChI is InChI=1S/C21H16ClN3/c1-13-12-15(22)10-11-16(13)20-17-7-3-4-8-18(17)24-21(25-20)19-9-5-6-14(2)23-19/h3-12H,1-2H3. The highest BCUT2D eigenvalue weighted by Crippen LogP contribution is 2.31.